The van der Waals surface area contributed by atoms with Crippen molar-refractivity contribution in [3.63, 3.8) is 0 Å². The first-order chi connectivity index (χ1) is 6.88. The van der Waals surface area contributed by atoms with Crippen molar-refractivity contribution < 1.29 is 0 Å². The van der Waals surface area contributed by atoms with E-state index in [1.54, 1.807) is 0 Å². The lowest BCUT2D eigenvalue weighted by atomic mass is 9.93. The van der Waals surface area contributed by atoms with Crippen LogP contribution in [0, 0.1) is 5.92 Å². The van der Waals surface area contributed by atoms with E-state index in [0.29, 0.717) is 0 Å². The van der Waals surface area contributed by atoms with Crippen LogP contribution in [0.25, 0.3) is 0 Å². The first-order valence-corrected chi connectivity index (χ1v) is 5.61. The molecule has 1 aliphatic heterocycles. The van der Waals surface area contributed by atoms with Gasteiger partial charge in [0.05, 0.1) is 5.69 Å². The van der Waals surface area contributed by atoms with E-state index >= 15 is 0 Å². The van der Waals surface area contributed by atoms with Crippen molar-refractivity contribution in [1.82, 2.24) is 15.1 Å². The number of nitrogens with one attached hydrogen (secondary N) is 1. The summed E-state index contributed by atoms with van der Waals surface area (Å²) in [6.07, 6.45) is 5.85. The minimum absolute atomic E-state index is 0.844. The van der Waals surface area contributed by atoms with Crippen LogP contribution in [0.4, 0.5) is 0 Å². The van der Waals surface area contributed by atoms with Crippen LogP contribution in [-0.4, -0.2) is 22.9 Å². The summed E-state index contributed by atoms with van der Waals surface area (Å²) in [5, 5.41) is 7.91. The van der Waals surface area contributed by atoms with Crippen molar-refractivity contribution in [2.75, 3.05) is 13.1 Å². The fourth-order valence-corrected chi connectivity index (χ4v) is 2.07. The Morgan fingerprint density at radius 2 is 2.29 bits per heavy atom. The number of nitrogens with zero attached hydrogens (tertiary/aromatic N) is 2. The van der Waals surface area contributed by atoms with Crippen LogP contribution < -0.4 is 5.32 Å². The third-order valence-corrected chi connectivity index (χ3v) is 2.98. The molecule has 1 N–H and O–H groups in total. The Kier molecular flexibility index (Phi) is 3.19. The van der Waals surface area contributed by atoms with Gasteiger partial charge in [0.15, 0.2) is 0 Å². The van der Waals surface area contributed by atoms with Crippen LogP contribution in [-0.2, 0) is 13.0 Å². The minimum Gasteiger partial charge on any atom is -0.317 e. The molecule has 0 aromatic carbocycles. The first kappa shape index (κ1) is 9.71. The Labute approximate surface area is 85.5 Å². The van der Waals surface area contributed by atoms with E-state index in [1.807, 2.05) is 4.68 Å². The molecule has 0 bridgehead atoms. The molecule has 1 saturated heterocycles. The number of hydrogen-bond acceptors (Lipinski definition) is 2. The summed E-state index contributed by atoms with van der Waals surface area (Å²) < 4.78 is 2.01. The molecule has 2 rings (SSSR count). The molecule has 14 heavy (non-hydrogen) atoms. The Bertz CT molecular complexity index is 274. The molecule has 0 saturated carbocycles. The van der Waals surface area contributed by atoms with Crippen molar-refractivity contribution in [2.45, 2.75) is 32.7 Å². The highest BCUT2D eigenvalue weighted by Gasteiger charge is 2.14. The Hall–Kier alpha value is -0.830. The van der Waals surface area contributed by atoms with Crippen LogP contribution >= 0.6 is 0 Å². The van der Waals surface area contributed by atoms with Crippen molar-refractivity contribution in [3.8, 4) is 0 Å². The molecule has 0 unspecified atom stereocenters. The van der Waals surface area contributed by atoms with Gasteiger partial charge in [-0.15, -0.1) is 0 Å². The average molecular weight is 193 g/mol. The zero-order chi connectivity index (χ0) is 9.80. The predicted molar refractivity (Wildman–Crippen MR) is 57.2 cm³/mol. The normalized spacial score (nSPS) is 18.6. The van der Waals surface area contributed by atoms with Gasteiger partial charge < -0.3 is 5.32 Å². The average Bonchev–Trinajstić information content (AvgIpc) is 2.67. The van der Waals surface area contributed by atoms with Crippen LogP contribution in [0.1, 0.15) is 25.5 Å². The Morgan fingerprint density at radius 1 is 1.50 bits per heavy atom. The van der Waals surface area contributed by atoms with Crippen molar-refractivity contribution >= 4 is 0 Å². The second-order valence-corrected chi connectivity index (χ2v) is 4.06. The molecule has 1 fully saturated rings. The maximum absolute atomic E-state index is 4.52. The van der Waals surface area contributed by atoms with E-state index in [-0.39, 0.29) is 0 Å². The van der Waals surface area contributed by atoms with Crippen LogP contribution in [0.3, 0.4) is 0 Å². The molecule has 0 atom stereocenters. The van der Waals surface area contributed by atoms with Gasteiger partial charge in [-0.25, -0.2) is 0 Å². The lowest BCUT2D eigenvalue weighted by Gasteiger charge is -2.21. The van der Waals surface area contributed by atoms with Crippen LogP contribution in [0.2, 0.25) is 0 Å². The number of aromatic nitrogens is 2. The second-order valence-electron chi connectivity index (χ2n) is 4.06. The lowest BCUT2D eigenvalue weighted by molar-refractivity contribution is 0.369. The van der Waals surface area contributed by atoms with Gasteiger partial charge in [0.25, 0.3) is 0 Å². The fourth-order valence-electron chi connectivity index (χ4n) is 2.07. The molecule has 0 radical (unpaired) electrons. The third kappa shape index (κ3) is 2.35. The van der Waals surface area contributed by atoms with E-state index in [2.05, 4.69) is 29.6 Å². The summed E-state index contributed by atoms with van der Waals surface area (Å²) >= 11 is 0. The largest absolute Gasteiger partial charge is 0.317 e. The van der Waals surface area contributed by atoms with E-state index in [0.717, 1.165) is 18.9 Å². The molecule has 0 amide bonds. The quantitative estimate of drug-likeness (QED) is 0.787. The molecule has 1 aliphatic rings. The fraction of sp³-hybridized carbons (Fsp3) is 0.727. The third-order valence-electron chi connectivity index (χ3n) is 2.98. The zero-order valence-electron chi connectivity index (χ0n) is 8.87. The topological polar surface area (TPSA) is 29.9 Å². The summed E-state index contributed by atoms with van der Waals surface area (Å²) in [5.41, 5.74) is 1.26. The Balaban J connectivity index is 1.89. The number of rotatable bonds is 3. The highest BCUT2D eigenvalue weighted by atomic mass is 15.3. The summed E-state index contributed by atoms with van der Waals surface area (Å²) in [5.74, 6) is 0.844. The van der Waals surface area contributed by atoms with Gasteiger partial charge in [0.2, 0.25) is 0 Å². The van der Waals surface area contributed by atoms with Crippen molar-refractivity contribution in [2.24, 2.45) is 5.92 Å². The van der Waals surface area contributed by atoms with E-state index in [9.17, 15) is 0 Å². The van der Waals surface area contributed by atoms with Gasteiger partial charge in [-0.3, -0.25) is 4.68 Å². The summed E-state index contributed by atoms with van der Waals surface area (Å²) in [6.45, 7) is 5.46. The Morgan fingerprint density at radius 3 is 2.93 bits per heavy atom. The zero-order valence-corrected chi connectivity index (χ0v) is 8.87. The van der Waals surface area contributed by atoms with Crippen molar-refractivity contribution in [3.05, 3.63) is 18.0 Å². The summed E-state index contributed by atoms with van der Waals surface area (Å²) in [4.78, 5) is 0. The highest BCUT2D eigenvalue weighted by molar-refractivity contribution is 5.00. The van der Waals surface area contributed by atoms with Gasteiger partial charge in [0.1, 0.15) is 0 Å². The van der Waals surface area contributed by atoms with E-state index in [4.69, 9.17) is 0 Å². The highest BCUT2D eigenvalue weighted by Crippen LogP contribution is 2.16. The number of hydrogen-bond donors (Lipinski definition) is 1. The molecule has 3 heteroatoms. The molecular weight excluding hydrogens is 174 g/mol. The number of piperidine rings is 1. The summed E-state index contributed by atoms with van der Waals surface area (Å²) in [6, 6.07) is 2.16. The van der Waals surface area contributed by atoms with Crippen molar-refractivity contribution in [1.29, 1.82) is 0 Å². The molecular formula is C11H19N3. The van der Waals surface area contributed by atoms with Crippen LogP contribution in [0.15, 0.2) is 12.3 Å². The van der Waals surface area contributed by atoms with Gasteiger partial charge in [-0.2, -0.15) is 5.10 Å². The monoisotopic (exact) mass is 193 g/mol. The molecule has 0 spiro atoms. The maximum Gasteiger partial charge on any atom is 0.0627 e. The van der Waals surface area contributed by atoms with E-state index < -0.39 is 0 Å². The lowest BCUT2D eigenvalue weighted by Crippen LogP contribution is -2.28. The first-order valence-electron chi connectivity index (χ1n) is 5.61. The van der Waals surface area contributed by atoms with E-state index in [1.165, 1.54) is 31.6 Å². The van der Waals surface area contributed by atoms with Gasteiger partial charge in [0, 0.05) is 12.7 Å². The second kappa shape index (κ2) is 4.60. The molecule has 0 aliphatic carbocycles. The standard InChI is InChI=1S/C11H19N3/c1-2-14-8-5-11(13-14)9-10-3-6-12-7-4-10/h5,8,10,12H,2-4,6-7,9H2,1H3. The molecule has 78 valence electrons. The molecule has 1 aromatic heterocycles. The maximum atomic E-state index is 4.52. The molecule has 2 heterocycles. The molecule has 1 aromatic rings. The minimum atomic E-state index is 0.844. The summed E-state index contributed by atoms with van der Waals surface area (Å²) in [7, 11) is 0. The van der Waals surface area contributed by atoms with Gasteiger partial charge in [-0.05, 0) is 51.3 Å². The number of aryl methyl sites for hydroxylation is 1. The van der Waals surface area contributed by atoms with Gasteiger partial charge in [-0.1, -0.05) is 0 Å². The van der Waals surface area contributed by atoms with Gasteiger partial charge >= 0.3 is 0 Å². The smallest absolute Gasteiger partial charge is 0.0627 e. The molecule has 3 nitrogen and oxygen atoms in total. The SMILES string of the molecule is CCn1ccc(CC2CCNCC2)n1. The predicted octanol–water partition coefficient (Wildman–Crippen LogP) is 1.45. The van der Waals surface area contributed by atoms with Crippen LogP contribution in [0.5, 0.6) is 0 Å².